The van der Waals surface area contributed by atoms with Crippen LogP contribution in [0.2, 0.25) is 0 Å². The predicted octanol–water partition coefficient (Wildman–Crippen LogP) is 2.37. The van der Waals surface area contributed by atoms with E-state index in [0.29, 0.717) is 6.61 Å². The zero-order valence-electron chi connectivity index (χ0n) is 15.7. The number of aryl methyl sites for hydroxylation is 1. The number of rotatable bonds is 5. The van der Waals surface area contributed by atoms with E-state index in [4.69, 9.17) is 23.1 Å². The van der Waals surface area contributed by atoms with Gasteiger partial charge in [-0.25, -0.2) is 0 Å². The zero-order valence-corrected chi connectivity index (χ0v) is 16.5. The Bertz CT molecular complexity index is 739. The van der Waals surface area contributed by atoms with Crippen molar-refractivity contribution >= 4 is 10.1 Å². The monoisotopic (exact) mass is 386 g/mol. The van der Waals surface area contributed by atoms with Gasteiger partial charge in [-0.15, -0.1) is 0 Å². The second kappa shape index (κ2) is 6.85. The fraction of sp³-hybridized carbons (Fsp3) is 0.667. The van der Waals surface area contributed by atoms with Gasteiger partial charge >= 0.3 is 0 Å². The summed E-state index contributed by atoms with van der Waals surface area (Å²) < 4.78 is 53.3. The van der Waals surface area contributed by atoms with Gasteiger partial charge in [0.15, 0.2) is 11.6 Å². The van der Waals surface area contributed by atoms with Gasteiger partial charge in [0.1, 0.15) is 18.3 Å². The molecule has 0 aliphatic carbocycles. The Hall–Kier alpha value is -1.03. The number of ether oxygens (including phenoxy) is 4. The highest BCUT2D eigenvalue weighted by atomic mass is 32.2. The lowest BCUT2D eigenvalue weighted by atomic mass is 10.1. The summed E-state index contributed by atoms with van der Waals surface area (Å²) in [5.41, 5.74) is 0.972. The summed E-state index contributed by atoms with van der Waals surface area (Å²) in [6.45, 7) is 9.26. The SMILES string of the molecule is Cc1ccc(S(=O)(=O)OCC2OC(C)(C)OC2C2COC(C)(C)O2)cc1. The van der Waals surface area contributed by atoms with E-state index >= 15 is 0 Å². The molecule has 0 amide bonds. The van der Waals surface area contributed by atoms with Gasteiger partial charge in [-0.1, -0.05) is 17.7 Å². The first-order valence-corrected chi connectivity index (χ1v) is 10.0. The van der Waals surface area contributed by atoms with Crippen molar-refractivity contribution in [3.63, 3.8) is 0 Å². The van der Waals surface area contributed by atoms with Crippen LogP contribution in [0.15, 0.2) is 29.2 Å². The van der Waals surface area contributed by atoms with Crippen LogP contribution in [0.25, 0.3) is 0 Å². The molecule has 3 unspecified atom stereocenters. The summed E-state index contributed by atoms with van der Waals surface area (Å²) in [7, 11) is -3.88. The molecule has 0 N–H and O–H groups in total. The van der Waals surface area contributed by atoms with Crippen LogP contribution in [0.3, 0.4) is 0 Å². The molecule has 3 atom stereocenters. The molecule has 3 rings (SSSR count). The molecule has 8 heteroatoms. The quantitative estimate of drug-likeness (QED) is 0.719. The number of hydrogen-bond donors (Lipinski definition) is 0. The Balaban J connectivity index is 1.69. The zero-order chi connectivity index (χ0) is 19.2. The van der Waals surface area contributed by atoms with Crippen molar-refractivity contribution in [1.29, 1.82) is 0 Å². The van der Waals surface area contributed by atoms with Crippen molar-refractivity contribution in [3.8, 4) is 0 Å². The smallest absolute Gasteiger partial charge is 0.297 e. The third-order valence-electron chi connectivity index (χ3n) is 4.32. The minimum Gasteiger partial charge on any atom is -0.348 e. The summed E-state index contributed by atoms with van der Waals surface area (Å²) in [6, 6.07) is 6.50. The highest BCUT2D eigenvalue weighted by Gasteiger charge is 2.50. The molecule has 1 aromatic rings. The lowest BCUT2D eigenvalue weighted by Gasteiger charge is -2.23. The van der Waals surface area contributed by atoms with Gasteiger partial charge in [0.25, 0.3) is 10.1 Å². The largest absolute Gasteiger partial charge is 0.348 e. The predicted molar refractivity (Wildman–Crippen MR) is 93.0 cm³/mol. The molecule has 7 nitrogen and oxygen atoms in total. The second-order valence-electron chi connectivity index (χ2n) is 7.56. The Labute approximate surface area is 154 Å². The molecule has 0 spiro atoms. The normalized spacial score (nSPS) is 30.6. The molecule has 0 bridgehead atoms. The molecule has 26 heavy (non-hydrogen) atoms. The van der Waals surface area contributed by atoms with Crippen LogP contribution in [0.1, 0.15) is 33.3 Å². The average Bonchev–Trinajstić information content (AvgIpc) is 3.04. The van der Waals surface area contributed by atoms with Gasteiger partial charge in [0.2, 0.25) is 0 Å². The Morgan fingerprint density at radius 3 is 2.27 bits per heavy atom. The Morgan fingerprint density at radius 2 is 1.69 bits per heavy atom. The lowest BCUT2D eigenvalue weighted by molar-refractivity contribution is -0.174. The first-order chi connectivity index (χ1) is 12.0. The van der Waals surface area contributed by atoms with E-state index in [-0.39, 0.29) is 17.6 Å². The van der Waals surface area contributed by atoms with Crippen LogP contribution >= 0.6 is 0 Å². The maximum atomic E-state index is 12.4. The molecule has 2 saturated heterocycles. The molecular formula is C18H26O7S. The third kappa shape index (κ3) is 4.44. The lowest BCUT2D eigenvalue weighted by Crippen LogP contribution is -2.40. The van der Waals surface area contributed by atoms with E-state index in [2.05, 4.69) is 0 Å². The fourth-order valence-electron chi connectivity index (χ4n) is 3.11. The maximum Gasteiger partial charge on any atom is 0.297 e. The molecule has 1 aromatic carbocycles. The van der Waals surface area contributed by atoms with E-state index in [1.54, 1.807) is 26.0 Å². The van der Waals surface area contributed by atoms with Crippen molar-refractivity contribution in [2.24, 2.45) is 0 Å². The summed E-state index contributed by atoms with van der Waals surface area (Å²) in [5.74, 6) is -1.57. The summed E-state index contributed by atoms with van der Waals surface area (Å²) in [6.07, 6.45) is -1.44. The highest BCUT2D eigenvalue weighted by molar-refractivity contribution is 7.86. The van der Waals surface area contributed by atoms with Crippen molar-refractivity contribution in [2.75, 3.05) is 13.2 Å². The second-order valence-corrected chi connectivity index (χ2v) is 9.17. The van der Waals surface area contributed by atoms with Gasteiger partial charge in [-0.3, -0.25) is 4.18 Å². The summed E-state index contributed by atoms with van der Waals surface area (Å²) in [5, 5.41) is 0. The molecule has 2 heterocycles. The van der Waals surface area contributed by atoms with E-state index in [1.165, 1.54) is 12.1 Å². The fourth-order valence-corrected chi connectivity index (χ4v) is 4.03. The van der Waals surface area contributed by atoms with Gasteiger partial charge in [0, 0.05) is 0 Å². The molecule has 2 aliphatic heterocycles. The Kier molecular flexibility index (Phi) is 5.20. The van der Waals surface area contributed by atoms with Crippen LogP contribution in [0.4, 0.5) is 0 Å². The van der Waals surface area contributed by atoms with E-state index in [9.17, 15) is 8.42 Å². The van der Waals surface area contributed by atoms with Crippen molar-refractivity contribution in [2.45, 2.75) is 69.4 Å². The van der Waals surface area contributed by atoms with Crippen LogP contribution in [0.5, 0.6) is 0 Å². The standard InChI is InChI=1S/C18H26O7S/c1-12-6-8-13(9-7-12)26(19,20)22-11-15-16(25-18(4,5)24-15)14-10-21-17(2,3)23-14/h6-9,14-16H,10-11H2,1-5H3. The minimum absolute atomic E-state index is 0.111. The first-order valence-electron chi connectivity index (χ1n) is 8.61. The van der Waals surface area contributed by atoms with E-state index in [0.717, 1.165) is 5.56 Å². The van der Waals surface area contributed by atoms with Crippen molar-refractivity contribution in [3.05, 3.63) is 29.8 Å². The van der Waals surface area contributed by atoms with E-state index in [1.807, 2.05) is 20.8 Å². The van der Waals surface area contributed by atoms with Crippen LogP contribution in [-0.2, 0) is 33.2 Å². The van der Waals surface area contributed by atoms with Crippen molar-refractivity contribution < 1.29 is 31.5 Å². The van der Waals surface area contributed by atoms with Crippen molar-refractivity contribution in [1.82, 2.24) is 0 Å². The number of hydrogen-bond acceptors (Lipinski definition) is 7. The molecule has 0 saturated carbocycles. The van der Waals surface area contributed by atoms with Crippen LogP contribution in [0, 0.1) is 6.92 Å². The van der Waals surface area contributed by atoms with Gasteiger partial charge in [0.05, 0.1) is 18.1 Å². The molecule has 0 radical (unpaired) electrons. The molecule has 0 aromatic heterocycles. The highest BCUT2D eigenvalue weighted by Crippen LogP contribution is 2.36. The van der Waals surface area contributed by atoms with Crippen LogP contribution < -0.4 is 0 Å². The minimum atomic E-state index is -3.88. The van der Waals surface area contributed by atoms with Gasteiger partial charge in [-0.2, -0.15) is 8.42 Å². The van der Waals surface area contributed by atoms with Gasteiger partial charge in [-0.05, 0) is 46.8 Å². The molecule has 146 valence electrons. The number of benzene rings is 1. The molecule has 2 fully saturated rings. The third-order valence-corrected chi connectivity index (χ3v) is 5.61. The van der Waals surface area contributed by atoms with Gasteiger partial charge < -0.3 is 18.9 Å². The molecule has 2 aliphatic rings. The van der Waals surface area contributed by atoms with Crippen LogP contribution in [-0.4, -0.2) is 51.5 Å². The first kappa shape index (κ1) is 19.7. The van der Waals surface area contributed by atoms with E-state index < -0.39 is 33.9 Å². The average molecular weight is 386 g/mol. The summed E-state index contributed by atoms with van der Waals surface area (Å²) in [4.78, 5) is 0.111. The summed E-state index contributed by atoms with van der Waals surface area (Å²) >= 11 is 0. The maximum absolute atomic E-state index is 12.4. The topological polar surface area (TPSA) is 80.3 Å². The Morgan fingerprint density at radius 1 is 1.04 bits per heavy atom. The molecular weight excluding hydrogens is 360 g/mol.